The first-order valence-corrected chi connectivity index (χ1v) is 12.0. The Balaban J connectivity index is 1.27. The minimum absolute atomic E-state index is 0.00118. The number of halogens is 1. The summed E-state index contributed by atoms with van der Waals surface area (Å²) in [6.45, 7) is 1.80. The number of carbonyl (C=O) groups is 1. The fourth-order valence-corrected chi connectivity index (χ4v) is 4.76. The van der Waals surface area contributed by atoms with E-state index in [0.29, 0.717) is 35.1 Å². The Labute approximate surface area is 206 Å². The summed E-state index contributed by atoms with van der Waals surface area (Å²) in [7, 11) is 0. The average molecular weight is 483 g/mol. The number of nitrogens with one attached hydrogen (secondary N) is 1. The molecule has 6 rings (SSSR count). The molecule has 1 aromatic carbocycles. The molecule has 1 amide bonds. The number of imidazole rings is 1. The van der Waals surface area contributed by atoms with Crippen molar-refractivity contribution in [3.8, 4) is 23.3 Å². The lowest BCUT2D eigenvalue weighted by molar-refractivity contribution is 0.102. The van der Waals surface area contributed by atoms with E-state index in [2.05, 4.69) is 31.6 Å². The zero-order chi connectivity index (χ0) is 24.8. The molecule has 1 aliphatic heterocycles. The second kappa shape index (κ2) is 8.68. The molecule has 180 valence electrons. The molecule has 0 spiro atoms. The van der Waals surface area contributed by atoms with Crippen molar-refractivity contribution in [3.05, 3.63) is 71.3 Å². The highest BCUT2D eigenvalue weighted by molar-refractivity contribution is 6.04. The maximum atomic E-state index is 14.9. The van der Waals surface area contributed by atoms with Gasteiger partial charge in [0.25, 0.3) is 5.91 Å². The fourth-order valence-electron chi connectivity index (χ4n) is 4.76. The fraction of sp³-hybridized carbons (Fsp3) is 0.308. The summed E-state index contributed by atoms with van der Waals surface area (Å²) in [5, 5.41) is 20.4. The van der Waals surface area contributed by atoms with Gasteiger partial charge >= 0.3 is 0 Å². The van der Waals surface area contributed by atoms with Crippen LogP contribution in [0.25, 0.3) is 17.2 Å². The summed E-state index contributed by atoms with van der Waals surface area (Å²) in [5.41, 5.74) is 2.86. The SMILES string of the molecule is Cc1cc(F)c(C(=O)Nc2cccc(-c3nnc4n3[C@@H](CC#N)CC4)n2)cc1-n1cnc(C2CC2)c1. The van der Waals surface area contributed by atoms with Gasteiger partial charge in [0.2, 0.25) is 0 Å². The number of fused-ring (bicyclic) bond motifs is 1. The van der Waals surface area contributed by atoms with Crippen LogP contribution in [0.4, 0.5) is 10.2 Å². The molecule has 2 aliphatic rings. The van der Waals surface area contributed by atoms with E-state index in [-0.39, 0.29) is 17.4 Å². The van der Waals surface area contributed by atoms with Crippen LogP contribution in [0.3, 0.4) is 0 Å². The predicted octanol–water partition coefficient (Wildman–Crippen LogP) is 4.50. The molecule has 3 aromatic heterocycles. The van der Waals surface area contributed by atoms with Crippen molar-refractivity contribution < 1.29 is 9.18 Å². The van der Waals surface area contributed by atoms with Gasteiger partial charge in [-0.1, -0.05) is 6.07 Å². The number of rotatable bonds is 6. The first-order chi connectivity index (χ1) is 17.5. The molecule has 1 atom stereocenters. The molecule has 1 aliphatic carbocycles. The van der Waals surface area contributed by atoms with E-state index >= 15 is 0 Å². The van der Waals surface area contributed by atoms with Crippen LogP contribution in [-0.4, -0.2) is 35.2 Å². The number of hydrogen-bond donors (Lipinski definition) is 1. The maximum Gasteiger partial charge on any atom is 0.259 e. The van der Waals surface area contributed by atoms with Crippen LogP contribution in [0.2, 0.25) is 0 Å². The number of nitrogens with zero attached hydrogens (tertiary/aromatic N) is 7. The van der Waals surface area contributed by atoms with Gasteiger partial charge in [0, 0.05) is 18.5 Å². The molecule has 1 saturated carbocycles. The van der Waals surface area contributed by atoms with Crippen molar-refractivity contribution in [3.63, 3.8) is 0 Å². The van der Waals surface area contributed by atoms with Gasteiger partial charge in [-0.15, -0.1) is 10.2 Å². The lowest BCUT2D eigenvalue weighted by atomic mass is 10.1. The Hall–Kier alpha value is -4.39. The molecule has 1 fully saturated rings. The summed E-state index contributed by atoms with van der Waals surface area (Å²) in [5.74, 6) is 0.922. The second-order valence-corrected chi connectivity index (χ2v) is 9.33. The number of pyridine rings is 1. The molecule has 0 saturated heterocycles. The molecular formula is C26H23FN8O. The molecule has 9 nitrogen and oxygen atoms in total. The van der Waals surface area contributed by atoms with Crippen LogP contribution < -0.4 is 5.32 Å². The first-order valence-electron chi connectivity index (χ1n) is 12.0. The first kappa shape index (κ1) is 22.1. The van der Waals surface area contributed by atoms with Crippen LogP contribution in [0.5, 0.6) is 0 Å². The van der Waals surface area contributed by atoms with E-state index in [0.717, 1.165) is 37.2 Å². The minimum atomic E-state index is -0.609. The minimum Gasteiger partial charge on any atom is -0.306 e. The maximum absolute atomic E-state index is 14.9. The highest BCUT2D eigenvalue weighted by Gasteiger charge is 2.28. The number of aryl methyl sites for hydroxylation is 2. The van der Waals surface area contributed by atoms with E-state index in [1.54, 1.807) is 37.5 Å². The normalized spacial score (nSPS) is 16.5. The molecule has 0 radical (unpaired) electrons. The average Bonchev–Trinajstić information content (AvgIpc) is 3.25. The number of anilines is 1. The van der Waals surface area contributed by atoms with Gasteiger partial charge in [0.05, 0.1) is 41.8 Å². The van der Waals surface area contributed by atoms with Gasteiger partial charge in [-0.05, 0) is 56.0 Å². The summed E-state index contributed by atoms with van der Waals surface area (Å²) >= 11 is 0. The molecule has 1 N–H and O–H groups in total. The third kappa shape index (κ3) is 3.92. The van der Waals surface area contributed by atoms with Crippen molar-refractivity contribution in [2.24, 2.45) is 0 Å². The van der Waals surface area contributed by atoms with Crippen LogP contribution >= 0.6 is 0 Å². The lowest BCUT2D eigenvalue weighted by Gasteiger charge is -2.13. The molecule has 0 unspecified atom stereocenters. The van der Waals surface area contributed by atoms with Crippen molar-refractivity contribution in [2.75, 3.05) is 5.32 Å². The molecule has 36 heavy (non-hydrogen) atoms. The Morgan fingerprint density at radius 3 is 2.92 bits per heavy atom. The van der Waals surface area contributed by atoms with E-state index in [4.69, 9.17) is 5.26 Å². The number of benzene rings is 1. The molecular weight excluding hydrogens is 459 g/mol. The smallest absolute Gasteiger partial charge is 0.259 e. The standard InChI is InChI=1S/C26H23FN8O/c1-15-11-19(27)18(12-22(15)34-13-21(29-14-34)16-5-6-16)26(36)31-23-4-2-3-20(30-23)25-33-32-24-8-7-17(9-10-28)35(24)25/h2-4,11-14,16-17H,5-9H2,1H3,(H,30,31,36)/t17-/m1/s1. The molecule has 4 aromatic rings. The molecule has 4 heterocycles. The van der Waals surface area contributed by atoms with E-state index in [1.807, 2.05) is 15.3 Å². The summed E-state index contributed by atoms with van der Waals surface area (Å²) in [4.78, 5) is 22.1. The Bertz CT molecular complexity index is 1530. The highest BCUT2D eigenvalue weighted by atomic mass is 19.1. The molecule has 0 bridgehead atoms. The van der Waals surface area contributed by atoms with E-state index in [9.17, 15) is 9.18 Å². The monoisotopic (exact) mass is 482 g/mol. The van der Waals surface area contributed by atoms with Gasteiger partial charge in [-0.3, -0.25) is 4.79 Å². The van der Waals surface area contributed by atoms with Crippen LogP contribution in [0, 0.1) is 24.1 Å². The Morgan fingerprint density at radius 1 is 1.25 bits per heavy atom. The van der Waals surface area contributed by atoms with Gasteiger partial charge in [0.15, 0.2) is 5.82 Å². The van der Waals surface area contributed by atoms with Gasteiger partial charge in [0.1, 0.15) is 23.2 Å². The van der Waals surface area contributed by atoms with Crippen LogP contribution in [0.15, 0.2) is 42.9 Å². The van der Waals surface area contributed by atoms with Crippen molar-refractivity contribution in [1.82, 2.24) is 29.3 Å². The van der Waals surface area contributed by atoms with Crippen molar-refractivity contribution >= 4 is 11.7 Å². The largest absolute Gasteiger partial charge is 0.306 e. The number of amides is 1. The zero-order valence-electron chi connectivity index (χ0n) is 19.6. The summed E-state index contributed by atoms with van der Waals surface area (Å²) in [6, 6.07) is 10.3. The number of aromatic nitrogens is 6. The van der Waals surface area contributed by atoms with E-state index < -0.39 is 11.7 Å². The second-order valence-electron chi connectivity index (χ2n) is 9.33. The predicted molar refractivity (Wildman–Crippen MR) is 129 cm³/mol. The third-order valence-electron chi connectivity index (χ3n) is 6.79. The van der Waals surface area contributed by atoms with Crippen LogP contribution in [-0.2, 0) is 6.42 Å². The van der Waals surface area contributed by atoms with E-state index in [1.165, 1.54) is 6.07 Å². The number of hydrogen-bond acceptors (Lipinski definition) is 6. The molecule has 10 heteroatoms. The topological polar surface area (TPSA) is 114 Å². The summed E-state index contributed by atoms with van der Waals surface area (Å²) in [6.07, 6.45) is 7.87. The third-order valence-corrected chi connectivity index (χ3v) is 6.79. The zero-order valence-corrected chi connectivity index (χ0v) is 19.6. The van der Waals surface area contributed by atoms with Crippen molar-refractivity contribution in [1.29, 1.82) is 5.26 Å². The highest BCUT2D eigenvalue weighted by Crippen LogP contribution is 2.39. The quantitative estimate of drug-likeness (QED) is 0.433. The number of nitriles is 1. The Kier molecular flexibility index (Phi) is 5.33. The van der Waals surface area contributed by atoms with Gasteiger partial charge < -0.3 is 14.5 Å². The van der Waals surface area contributed by atoms with Gasteiger partial charge in [-0.25, -0.2) is 14.4 Å². The Morgan fingerprint density at radius 2 is 2.11 bits per heavy atom. The van der Waals surface area contributed by atoms with Crippen LogP contribution in [0.1, 0.15) is 65.1 Å². The lowest BCUT2D eigenvalue weighted by Crippen LogP contribution is -2.16. The van der Waals surface area contributed by atoms with Crippen molar-refractivity contribution in [2.45, 2.75) is 51.0 Å². The summed E-state index contributed by atoms with van der Waals surface area (Å²) < 4.78 is 18.6. The van der Waals surface area contributed by atoms with Gasteiger partial charge in [-0.2, -0.15) is 5.26 Å². The number of carbonyl (C=O) groups excluding carboxylic acids is 1.